The number of hydrogen-bond acceptors (Lipinski definition) is 6. The van der Waals surface area contributed by atoms with Gasteiger partial charge in [0.05, 0.1) is 24.2 Å². The van der Waals surface area contributed by atoms with Crippen molar-refractivity contribution in [2.75, 3.05) is 52.2 Å². The number of para-hydroxylation sites is 2. The largest absolute Gasteiger partial charge is 0.377 e. The summed E-state index contributed by atoms with van der Waals surface area (Å²) in [6.45, 7) is 2.32. The van der Waals surface area contributed by atoms with Crippen LogP contribution in [0.15, 0.2) is 24.3 Å². The van der Waals surface area contributed by atoms with Crippen molar-refractivity contribution in [2.45, 2.75) is 6.10 Å². The number of hydrogen-bond donors (Lipinski definition) is 1. The summed E-state index contributed by atoms with van der Waals surface area (Å²) in [5.74, 6) is 0.0639. The van der Waals surface area contributed by atoms with Crippen LogP contribution in [-0.4, -0.2) is 73.6 Å². The first-order valence-corrected chi connectivity index (χ1v) is 7.48. The van der Waals surface area contributed by atoms with Gasteiger partial charge in [0.25, 0.3) is 5.69 Å². The van der Waals surface area contributed by atoms with Gasteiger partial charge in [0.2, 0.25) is 5.91 Å². The van der Waals surface area contributed by atoms with E-state index in [4.69, 9.17) is 4.74 Å². The van der Waals surface area contributed by atoms with E-state index in [1.54, 1.807) is 23.1 Å². The molecule has 23 heavy (non-hydrogen) atoms. The molecule has 0 saturated carbocycles. The Labute approximate surface area is 135 Å². The minimum atomic E-state index is -0.420. The van der Waals surface area contributed by atoms with E-state index in [1.165, 1.54) is 6.07 Å². The van der Waals surface area contributed by atoms with Crippen molar-refractivity contribution in [1.82, 2.24) is 9.80 Å². The number of nitrogens with zero attached hydrogens (tertiary/aromatic N) is 3. The van der Waals surface area contributed by atoms with Gasteiger partial charge in [-0.2, -0.15) is 0 Å². The number of nitro benzene ring substituents is 1. The van der Waals surface area contributed by atoms with Crippen LogP contribution in [0.1, 0.15) is 0 Å². The predicted molar refractivity (Wildman–Crippen MR) is 86.5 cm³/mol. The molecule has 0 unspecified atom stereocenters. The molecule has 0 radical (unpaired) electrons. The number of ether oxygens (including phenoxy) is 1. The average Bonchev–Trinajstić information content (AvgIpc) is 2.52. The van der Waals surface area contributed by atoms with Gasteiger partial charge >= 0.3 is 0 Å². The number of anilines is 1. The summed E-state index contributed by atoms with van der Waals surface area (Å²) in [5, 5.41) is 14.0. The zero-order chi connectivity index (χ0) is 16.8. The highest BCUT2D eigenvalue weighted by Gasteiger charge is 2.24. The maximum absolute atomic E-state index is 12.1. The SMILES string of the molecule is CN(C)CC(=O)N1CCO[C@@H](CNc2ccccc2[N+](=O)[O-])C1. The third kappa shape index (κ3) is 4.90. The first-order valence-electron chi connectivity index (χ1n) is 7.48. The van der Waals surface area contributed by atoms with E-state index in [1.807, 2.05) is 19.0 Å². The van der Waals surface area contributed by atoms with Crippen molar-refractivity contribution in [3.8, 4) is 0 Å². The van der Waals surface area contributed by atoms with Gasteiger partial charge < -0.3 is 19.9 Å². The maximum Gasteiger partial charge on any atom is 0.292 e. The molecule has 2 rings (SSSR count). The van der Waals surface area contributed by atoms with Crippen molar-refractivity contribution < 1.29 is 14.5 Å². The molecule has 0 bridgehead atoms. The Balaban J connectivity index is 1.91. The van der Waals surface area contributed by atoms with Crippen LogP contribution >= 0.6 is 0 Å². The Morgan fingerprint density at radius 3 is 2.91 bits per heavy atom. The van der Waals surface area contributed by atoms with E-state index in [0.717, 1.165) is 0 Å². The zero-order valence-electron chi connectivity index (χ0n) is 13.4. The van der Waals surface area contributed by atoms with Crippen LogP contribution in [0.4, 0.5) is 11.4 Å². The number of nitrogens with one attached hydrogen (secondary N) is 1. The van der Waals surface area contributed by atoms with E-state index in [9.17, 15) is 14.9 Å². The Kier molecular flexibility index (Phi) is 5.89. The van der Waals surface area contributed by atoms with E-state index in [2.05, 4.69) is 5.32 Å². The second kappa shape index (κ2) is 7.89. The Morgan fingerprint density at radius 1 is 1.48 bits per heavy atom. The molecule has 1 saturated heterocycles. The van der Waals surface area contributed by atoms with Gasteiger partial charge in [-0.3, -0.25) is 14.9 Å². The lowest BCUT2D eigenvalue weighted by atomic mass is 10.2. The van der Waals surface area contributed by atoms with Crippen LogP contribution < -0.4 is 5.32 Å². The van der Waals surface area contributed by atoms with Crippen molar-refractivity contribution >= 4 is 17.3 Å². The Morgan fingerprint density at radius 2 is 2.22 bits per heavy atom. The van der Waals surface area contributed by atoms with Gasteiger partial charge in [-0.05, 0) is 20.2 Å². The topological polar surface area (TPSA) is 88.0 Å². The van der Waals surface area contributed by atoms with E-state index >= 15 is 0 Å². The molecule has 1 atom stereocenters. The molecule has 1 aromatic rings. The lowest BCUT2D eigenvalue weighted by molar-refractivity contribution is -0.384. The van der Waals surface area contributed by atoms with Crippen molar-refractivity contribution in [3.63, 3.8) is 0 Å². The highest BCUT2D eigenvalue weighted by Crippen LogP contribution is 2.23. The third-order valence-electron chi connectivity index (χ3n) is 3.56. The average molecular weight is 322 g/mol. The molecule has 1 amide bonds. The van der Waals surface area contributed by atoms with Crippen LogP contribution in [0.3, 0.4) is 0 Å². The number of rotatable bonds is 6. The van der Waals surface area contributed by atoms with E-state index in [0.29, 0.717) is 38.5 Å². The fourth-order valence-corrected chi connectivity index (χ4v) is 2.45. The second-order valence-electron chi connectivity index (χ2n) is 5.73. The van der Waals surface area contributed by atoms with Gasteiger partial charge in [-0.25, -0.2) is 0 Å². The van der Waals surface area contributed by atoms with Gasteiger partial charge in [-0.15, -0.1) is 0 Å². The molecule has 0 spiro atoms. The third-order valence-corrected chi connectivity index (χ3v) is 3.56. The van der Waals surface area contributed by atoms with Crippen molar-refractivity contribution in [3.05, 3.63) is 34.4 Å². The first kappa shape index (κ1) is 17.2. The molecule has 126 valence electrons. The summed E-state index contributed by atoms with van der Waals surface area (Å²) in [5.41, 5.74) is 0.488. The van der Waals surface area contributed by atoms with Crippen LogP contribution in [0.25, 0.3) is 0 Å². The molecule has 1 aliphatic heterocycles. The predicted octanol–water partition coefficient (Wildman–Crippen LogP) is 0.796. The van der Waals surface area contributed by atoms with Crippen LogP contribution in [0.5, 0.6) is 0 Å². The highest BCUT2D eigenvalue weighted by atomic mass is 16.6. The van der Waals surface area contributed by atoms with Gasteiger partial charge in [-0.1, -0.05) is 12.1 Å². The number of amides is 1. The van der Waals surface area contributed by atoms with Gasteiger partial charge in [0.1, 0.15) is 5.69 Å². The molecular formula is C15H22N4O4. The number of benzene rings is 1. The fraction of sp³-hybridized carbons (Fsp3) is 0.533. The Hall–Kier alpha value is -2.19. The maximum atomic E-state index is 12.1. The summed E-state index contributed by atoms with van der Waals surface area (Å²) in [6.07, 6.45) is -0.185. The molecule has 1 aromatic carbocycles. The van der Waals surface area contributed by atoms with Crippen LogP contribution in [-0.2, 0) is 9.53 Å². The minimum absolute atomic E-state index is 0.0313. The first-order chi connectivity index (χ1) is 11.0. The smallest absolute Gasteiger partial charge is 0.292 e. The summed E-state index contributed by atoms with van der Waals surface area (Å²) >= 11 is 0. The lowest BCUT2D eigenvalue weighted by Crippen LogP contribution is -2.50. The van der Waals surface area contributed by atoms with Crippen molar-refractivity contribution in [2.24, 2.45) is 0 Å². The molecular weight excluding hydrogens is 300 g/mol. The molecule has 1 aliphatic rings. The highest BCUT2D eigenvalue weighted by molar-refractivity contribution is 5.78. The molecule has 8 heteroatoms. The standard InChI is InChI=1S/C15H22N4O4/c1-17(2)11-15(20)18-7-8-23-12(10-18)9-16-13-5-3-4-6-14(13)19(21)22/h3-6,12,16H,7-11H2,1-2H3/t12-/m0/s1. The number of morpholine rings is 1. The molecule has 0 aliphatic carbocycles. The van der Waals surface area contributed by atoms with E-state index in [-0.39, 0.29) is 17.7 Å². The number of carbonyl (C=O) groups excluding carboxylic acids is 1. The van der Waals surface area contributed by atoms with Crippen LogP contribution in [0.2, 0.25) is 0 Å². The Bertz CT molecular complexity index is 564. The fourth-order valence-electron chi connectivity index (χ4n) is 2.45. The quantitative estimate of drug-likeness (QED) is 0.615. The molecule has 1 heterocycles. The van der Waals surface area contributed by atoms with Crippen LogP contribution in [0, 0.1) is 10.1 Å². The normalized spacial score (nSPS) is 18.0. The summed E-state index contributed by atoms with van der Waals surface area (Å²) in [4.78, 5) is 26.3. The zero-order valence-corrected chi connectivity index (χ0v) is 13.4. The number of nitro groups is 1. The van der Waals surface area contributed by atoms with Gasteiger partial charge in [0, 0.05) is 25.7 Å². The molecule has 1 N–H and O–H groups in total. The molecule has 0 aromatic heterocycles. The van der Waals surface area contributed by atoms with Crippen molar-refractivity contribution in [1.29, 1.82) is 0 Å². The molecule has 8 nitrogen and oxygen atoms in total. The van der Waals surface area contributed by atoms with E-state index < -0.39 is 4.92 Å². The number of likely N-dealkylation sites (N-methyl/N-ethyl adjacent to an activating group) is 1. The lowest BCUT2D eigenvalue weighted by Gasteiger charge is -2.33. The summed E-state index contributed by atoms with van der Waals surface area (Å²) in [6, 6.07) is 6.49. The molecule has 1 fully saturated rings. The minimum Gasteiger partial charge on any atom is -0.377 e. The summed E-state index contributed by atoms with van der Waals surface area (Å²) in [7, 11) is 3.71. The second-order valence-corrected chi connectivity index (χ2v) is 5.73. The number of carbonyl (C=O) groups is 1. The monoisotopic (exact) mass is 322 g/mol. The summed E-state index contributed by atoms with van der Waals surface area (Å²) < 4.78 is 5.65. The van der Waals surface area contributed by atoms with Gasteiger partial charge in [0.15, 0.2) is 0 Å².